The van der Waals surface area contributed by atoms with Crippen LogP contribution in [0.4, 0.5) is 0 Å². The van der Waals surface area contributed by atoms with Gasteiger partial charge in [0.25, 0.3) is 0 Å². The lowest BCUT2D eigenvalue weighted by atomic mass is 9.96. The maximum atomic E-state index is 6.21. The predicted octanol–water partition coefficient (Wildman–Crippen LogP) is 2.55. The maximum absolute atomic E-state index is 6.21. The third kappa shape index (κ3) is 3.95. The molecule has 1 fully saturated rings. The second kappa shape index (κ2) is 7.41. The number of hydrogen-bond donors (Lipinski definition) is 1. The summed E-state index contributed by atoms with van der Waals surface area (Å²) in [5, 5.41) is 4.12. The van der Waals surface area contributed by atoms with Crippen LogP contribution in [0.3, 0.4) is 0 Å². The zero-order valence-electron chi connectivity index (χ0n) is 12.8. The van der Waals surface area contributed by atoms with E-state index in [0.717, 1.165) is 44.2 Å². The summed E-state index contributed by atoms with van der Waals surface area (Å²) in [4.78, 5) is 5.01. The van der Waals surface area contributed by atoms with Crippen molar-refractivity contribution < 1.29 is 0 Å². The van der Waals surface area contributed by atoms with Gasteiger partial charge in [0.1, 0.15) is 0 Å². The van der Waals surface area contributed by atoms with Gasteiger partial charge in [-0.05, 0) is 57.2 Å². The first kappa shape index (κ1) is 15.8. The average Bonchev–Trinajstić information content (AvgIpc) is 2.44. The van der Waals surface area contributed by atoms with Gasteiger partial charge >= 0.3 is 0 Å². The van der Waals surface area contributed by atoms with E-state index in [1.165, 1.54) is 11.1 Å². The lowest BCUT2D eigenvalue weighted by molar-refractivity contribution is 0.106. The van der Waals surface area contributed by atoms with Gasteiger partial charge < -0.3 is 10.2 Å². The van der Waals surface area contributed by atoms with Crippen LogP contribution < -0.4 is 5.32 Å². The van der Waals surface area contributed by atoms with E-state index < -0.39 is 0 Å². The number of halogens is 1. The second-order valence-corrected chi connectivity index (χ2v) is 6.18. The Morgan fingerprint density at radius 2 is 1.95 bits per heavy atom. The standard InChI is InChI=1S/C16H26ClN3/c1-13-4-5-14(17)12-15(13)16(6-7-18-2)20-10-8-19(3)9-11-20/h4-5,12,16,18H,6-11H2,1-3H3/t16-/m0/s1. The van der Waals surface area contributed by atoms with Crippen LogP contribution in [0.5, 0.6) is 0 Å². The monoisotopic (exact) mass is 295 g/mol. The molecule has 1 heterocycles. The van der Waals surface area contributed by atoms with Gasteiger partial charge in [-0.1, -0.05) is 17.7 Å². The van der Waals surface area contributed by atoms with Gasteiger partial charge in [-0.25, -0.2) is 0 Å². The first-order valence-corrected chi connectivity index (χ1v) is 7.83. The van der Waals surface area contributed by atoms with E-state index in [0.29, 0.717) is 6.04 Å². The van der Waals surface area contributed by atoms with E-state index in [4.69, 9.17) is 11.6 Å². The van der Waals surface area contributed by atoms with E-state index in [-0.39, 0.29) is 0 Å². The van der Waals surface area contributed by atoms with E-state index >= 15 is 0 Å². The van der Waals surface area contributed by atoms with E-state index in [1.807, 2.05) is 13.1 Å². The molecule has 0 amide bonds. The first-order valence-electron chi connectivity index (χ1n) is 7.45. The first-order chi connectivity index (χ1) is 9.61. The fraction of sp³-hybridized carbons (Fsp3) is 0.625. The van der Waals surface area contributed by atoms with Gasteiger partial charge in [0.05, 0.1) is 0 Å². The number of nitrogens with zero attached hydrogens (tertiary/aromatic N) is 2. The molecule has 0 unspecified atom stereocenters. The molecule has 1 aromatic rings. The summed E-state index contributed by atoms with van der Waals surface area (Å²) in [6.07, 6.45) is 1.13. The summed E-state index contributed by atoms with van der Waals surface area (Å²) in [5.41, 5.74) is 2.73. The summed E-state index contributed by atoms with van der Waals surface area (Å²) in [6.45, 7) is 7.79. The molecule has 1 atom stereocenters. The Morgan fingerprint density at radius 1 is 1.25 bits per heavy atom. The van der Waals surface area contributed by atoms with Gasteiger partial charge in [0, 0.05) is 37.2 Å². The van der Waals surface area contributed by atoms with Crippen LogP contribution in [0.25, 0.3) is 0 Å². The Hall–Kier alpha value is -0.610. The van der Waals surface area contributed by atoms with Crippen molar-refractivity contribution in [3.8, 4) is 0 Å². The molecule has 3 nitrogen and oxygen atoms in total. The molecule has 0 spiro atoms. The normalized spacial score (nSPS) is 19.2. The second-order valence-electron chi connectivity index (χ2n) is 5.75. The van der Waals surface area contributed by atoms with Crippen molar-refractivity contribution in [2.75, 3.05) is 46.8 Å². The highest BCUT2D eigenvalue weighted by atomic mass is 35.5. The number of benzene rings is 1. The molecule has 20 heavy (non-hydrogen) atoms. The van der Waals surface area contributed by atoms with Crippen LogP contribution in [0.1, 0.15) is 23.6 Å². The fourth-order valence-corrected chi connectivity index (χ4v) is 3.10. The number of aryl methyl sites for hydroxylation is 1. The largest absolute Gasteiger partial charge is 0.320 e. The topological polar surface area (TPSA) is 18.5 Å². The number of likely N-dealkylation sites (N-methyl/N-ethyl adjacent to an activating group) is 1. The van der Waals surface area contributed by atoms with E-state index in [9.17, 15) is 0 Å². The fourth-order valence-electron chi connectivity index (χ4n) is 2.92. The predicted molar refractivity (Wildman–Crippen MR) is 86.5 cm³/mol. The minimum absolute atomic E-state index is 0.467. The van der Waals surface area contributed by atoms with E-state index in [1.54, 1.807) is 0 Å². The van der Waals surface area contributed by atoms with Crippen molar-refractivity contribution >= 4 is 11.6 Å². The average molecular weight is 296 g/mol. The van der Waals surface area contributed by atoms with Gasteiger partial charge in [-0.3, -0.25) is 4.90 Å². The highest BCUT2D eigenvalue weighted by molar-refractivity contribution is 6.30. The van der Waals surface area contributed by atoms with Gasteiger partial charge in [0.2, 0.25) is 0 Å². The molecular weight excluding hydrogens is 270 g/mol. The molecule has 0 radical (unpaired) electrons. The number of rotatable bonds is 5. The smallest absolute Gasteiger partial charge is 0.0409 e. The lowest BCUT2D eigenvalue weighted by Crippen LogP contribution is -2.46. The maximum Gasteiger partial charge on any atom is 0.0409 e. The van der Waals surface area contributed by atoms with Crippen molar-refractivity contribution in [2.24, 2.45) is 0 Å². The Kier molecular flexibility index (Phi) is 5.85. The summed E-state index contributed by atoms with van der Waals surface area (Å²) >= 11 is 6.21. The molecule has 2 rings (SSSR count). The molecule has 4 heteroatoms. The molecule has 1 saturated heterocycles. The summed E-state index contributed by atoms with van der Waals surface area (Å²) in [5.74, 6) is 0. The molecule has 1 aromatic carbocycles. The SMILES string of the molecule is CNCC[C@@H](c1cc(Cl)ccc1C)N1CCN(C)CC1. The molecule has 1 aliphatic rings. The van der Waals surface area contributed by atoms with Crippen LogP contribution >= 0.6 is 11.6 Å². The van der Waals surface area contributed by atoms with Crippen molar-refractivity contribution in [2.45, 2.75) is 19.4 Å². The summed E-state index contributed by atoms with van der Waals surface area (Å²) in [6, 6.07) is 6.74. The van der Waals surface area contributed by atoms with Crippen LogP contribution in [0.2, 0.25) is 5.02 Å². The third-order valence-corrected chi connectivity index (χ3v) is 4.48. The minimum Gasteiger partial charge on any atom is -0.320 e. The van der Waals surface area contributed by atoms with Crippen molar-refractivity contribution in [1.82, 2.24) is 15.1 Å². The Balaban J connectivity index is 2.20. The Morgan fingerprint density at radius 3 is 2.60 bits per heavy atom. The van der Waals surface area contributed by atoms with Crippen molar-refractivity contribution in [3.63, 3.8) is 0 Å². The van der Waals surface area contributed by atoms with Crippen molar-refractivity contribution in [3.05, 3.63) is 34.3 Å². The number of nitrogens with one attached hydrogen (secondary N) is 1. The molecule has 1 N–H and O–H groups in total. The zero-order valence-corrected chi connectivity index (χ0v) is 13.6. The lowest BCUT2D eigenvalue weighted by Gasteiger charge is -2.39. The highest BCUT2D eigenvalue weighted by Crippen LogP contribution is 2.29. The number of hydrogen-bond acceptors (Lipinski definition) is 3. The van der Waals surface area contributed by atoms with Crippen LogP contribution in [-0.4, -0.2) is 56.6 Å². The molecule has 1 aliphatic heterocycles. The molecule has 0 bridgehead atoms. The number of piperazine rings is 1. The molecule has 0 saturated carbocycles. The van der Waals surface area contributed by atoms with Crippen LogP contribution in [0, 0.1) is 6.92 Å². The molecule has 0 aliphatic carbocycles. The van der Waals surface area contributed by atoms with Crippen LogP contribution in [0.15, 0.2) is 18.2 Å². The highest BCUT2D eigenvalue weighted by Gasteiger charge is 2.24. The Labute approximate surface area is 127 Å². The van der Waals surface area contributed by atoms with Crippen molar-refractivity contribution in [1.29, 1.82) is 0 Å². The van der Waals surface area contributed by atoms with Gasteiger partial charge in [-0.2, -0.15) is 0 Å². The molecular formula is C16H26ClN3. The molecule has 112 valence electrons. The summed E-state index contributed by atoms with van der Waals surface area (Å²) < 4.78 is 0. The molecule has 0 aromatic heterocycles. The van der Waals surface area contributed by atoms with Crippen LogP contribution in [-0.2, 0) is 0 Å². The van der Waals surface area contributed by atoms with E-state index in [2.05, 4.69) is 41.2 Å². The van der Waals surface area contributed by atoms with Gasteiger partial charge in [-0.15, -0.1) is 0 Å². The third-order valence-electron chi connectivity index (χ3n) is 4.25. The minimum atomic E-state index is 0.467. The Bertz CT molecular complexity index is 428. The zero-order chi connectivity index (χ0) is 14.5. The summed E-state index contributed by atoms with van der Waals surface area (Å²) in [7, 11) is 4.22. The van der Waals surface area contributed by atoms with Gasteiger partial charge in [0.15, 0.2) is 0 Å². The quantitative estimate of drug-likeness (QED) is 0.901.